The topological polar surface area (TPSA) is 46.0 Å². The van der Waals surface area contributed by atoms with Crippen molar-refractivity contribution in [2.75, 3.05) is 0 Å². The molecule has 1 saturated heterocycles. The summed E-state index contributed by atoms with van der Waals surface area (Å²) in [4.78, 5) is 11.2. The van der Waals surface area contributed by atoms with E-state index in [0.717, 1.165) is 16.4 Å². The van der Waals surface area contributed by atoms with Crippen LogP contribution in [-0.4, -0.2) is 24.5 Å². The highest BCUT2D eigenvalue weighted by Gasteiger charge is 2.41. The predicted octanol–water partition coefficient (Wildman–Crippen LogP) is 4.75. The van der Waals surface area contributed by atoms with Gasteiger partial charge in [0.05, 0.1) is 17.8 Å². The van der Waals surface area contributed by atoms with Crippen LogP contribution in [0.4, 0.5) is 0 Å². The Kier molecular flexibility index (Phi) is 5.22. The van der Waals surface area contributed by atoms with Gasteiger partial charge < -0.3 is 14.8 Å². The van der Waals surface area contributed by atoms with Gasteiger partial charge in [0.1, 0.15) is 0 Å². The average Bonchev–Trinajstić information content (AvgIpc) is 3.40. The standard InChI is InChI=1S/C25H23N5S/c1-18-8-2-3-11-21(18)29-15-7-12-22(29)24-23(20-10-4-5-14-27-20)28-25(31)30(24)17-19-9-6-13-26-16-19/h2-16,23-24H,17H2,1H3,(H,28,31)/t23-,24-/m0/s1. The van der Waals surface area contributed by atoms with Crippen molar-refractivity contribution in [3.05, 3.63) is 114 Å². The third-order valence-electron chi connectivity index (χ3n) is 5.73. The molecule has 1 N–H and O–H groups in total. The zero-order valence-electron chi connectivity index (χ0n) is 17.2. The Labute approximate surface area is 187 Å². The van der Waals surface area contributed by atoms with Crippen LogP contribution >= 0.6 is 12.2 Å². The van der Waals surface area contributed by atoms with Crippen molar-refractivity contribution >= 4 is 17.3 Å². The molecule has 2 atom stereocenters. The van der Waals surface area contributed by atoms with Crippen LogP contribution in [0.2, 0.25) is 0 Å². The summed E-state index contributed by atoms with van der Waals surface area (Å²) in [6.45, 7) is 2.81. The third kappa shape index (κ3) is 3.70. The lowest BCUT2D eigenvalue weighted by atomic mass is 10.0. The average molecular weight is 426 g/mol. The molecule has 0 aliphatic carbocycles. The van der Waals surface area contributed by atoms with E-state index < -0.39 is 0 Å². The Hall–Kier alpha value is -3.51. The Morgan fingerprint density at radius 1 is 0.968 bits per heavy atom. The Morgan fingerprint density at radius 2 is 1.84 bits per heavy atom. The lowest BCUT2D eigenvalue weighted by Gasteiger charge is -2.29. The lowest BCUT2D eigenvalue weighted by Crippen LogP contribution is -2.30. The van der Waals surface area contributed by atoms with Crippen LogP contribution in [0.15, 0.2) is 91.5 Å². The van der Waals surface area contributed by atoms with E-state index in [1.807, 2.05) is 30.6 Å². The summed E-state index contributed by atoms with van der Waals surface area (Å²) in [6.07, 6.45) is 7.65. The molecule has 31 heavy (non-hydrogen) atoms. The van der Waals surface area contributed by atoms with Crippen molar-refractivity contribution in [3.63, 3.8) is 0 Å². The molecule has 0 amide bonds. The highest BCUT2D eigenvalue weighted by Crippen LogP contribution is 2.40. The third-order valence-corrected chi connectivity index (χ3v) is 6.08. The molecule has 0 unspecified atom stereocenters. The number of nitrogens with one attached hydrogen (secondary N) is 1. The molecule has 5 nitrogen and oxygen atoms in total. The summed E-state index contributed by atoms with van der Waals surface area (Å²) in [5.41, 5.74) is 5.65. The van der Waals surface area contributed by atoms with E-state index in [-0.39, 0.29) is 12.1 Å². The SMILES string of the molecule is Cc1ccccc1-n1cccc1[C@H]1[C@H](c2ccccn2)NC(=S)N1Cc1cccnc1. The minimum Gasteiger partial charge on any atom is -0.352 e. The summed E-state index contributed by atoms with van der Waals surface area (Å²) in [5.74, 6) is 0. The largest absolute Gasteiger partial charge is 0.352 e. The van der Waals surface area contributed by atoms with E-state index >= 15 is 0 Å². The number of thiocarbonyl (C=S) groups is 1. The zero-order valence-corrected chi connectivity index (χ0v) is 18.0. The van der Waals surface area contributed by atoms with E-state index in [1.54, 1.807) is 6.20 Å². The minimum atomic E-state index is -0.0527. The summed E-state index contributed by atoms with van der Waals surface area (Å²) in [5, 5.41) is 4.26. The molecule has 1 fully saturated rings. The van der Waals surface area contributed by atoms with Crippen molar-refractivity contribution in [2.45, 2.75) is 25.6 Å². The number of hydrogen-bond acceptors (Lipinski definition) is 3. The van der Waals surface area contributed by atoms with Crippen LogP contribution in [0.5, 0.6) is 0 Å². The van der Waals surface area contributed by atoms with Gasteiger partial charge in [-0.1, -0.05) is 30.3 Å². The molecule has 154 valence electrons. The second-order valence-corrected chi connectivity index (χ2v) is 8.09. The monoisotopic (exact) mass is 425 g/mol. The van der Waals surface area contributed by atoms with Crippen molar-refractivity contribution in [2.24, 2.45) is 0 Å². The molecule has 1 aliphatic heterocycles. The Balaban J connectivity index is 1.62. The maximum Gasteiger partial charge on any atom is 0.170 e. The number of aryl methyl sites for hydroxylation is 1. The van der Waals surface area contributed by atoms with Gasteiger partial charge in [0, 0.05) is 42.7 Å². The molecule has 1 aliphatic rings. The molecule has 1 aromatic carbocycles. The molecule has 0 bridgehead atoms. The van der Waals surface area contributed by atoms with Gasteiger partial charge in [-0.25, -0.2) is 0 Å². The Morgan fingerprint density at radius 3 is 2.61 bits per heavy atom. The van der Waals surface area contributed by atoms with Crippen LogP contribution in [-0.2, 0) is 6.54 Å². The number of para-hydroxylation sites is 1. The molecule has 6 heteroatoms. The molecular weight excluding hydrogens is 402 g/mol. The molecule has 4 aromatic rings. The fraction of sp³-hybridized carbons (Fsp3) is 0.160. The smallest absolute Gasteiger partial charge is 0.170 e. The normalized spacial score (nSPS) is 18.2. The van der Waals surface area contributed by atoms with Crippen molar-refractivity contribution in [1.29, 1.82) is 0 Å². The van der Waals surface area contributed by atoms with Gasteiger partial charge in [0.2, 0.25) is 0 Å². The van der Waals surface area contributed by atoms with Crippen LogP contribution < -0.4 is 5.32 Å². The maximum atomic E-state index is 5.81. The fourth-order valence-corrected chi connectivity index (χ4v) is 4.58. The molecule has 3 aromatic heterocycles. The van der Waals surface area contributed by atoms with Crippen LogP contribution in [0, 0.1) is 6.92 Å². The van der Waals surface area contributed by atoms with Crippen LogP contribution in [0.25, 0.3) is 5.69 Å². The van der Waals surface area contributed by atoms with Crippen molar-refractivity contribution in [3.8, 4) is 5.69 Å². The number of rotatable bonds is 5. The van der Waals surface area contributed by atoms with Crippen molar-refractivity contribution in [1.82, 2.24) is 24.8 Å². The Bertz CT molecular complexity index is 1190. The van der Waals surface area contributed by atoms with E-state index in [4.69, 9.17) is 12.2 Å². The first-order valence-electron chi connectivity index (χ1n) is 10.3. The molecule has 0 spiro atoms. The molecule has 5 rings (SSSR count). The number of benzene rings is 1. The summed E-state index contributed by atoms with van der Waals surface area (Å²) < 4.78 is 2.27. The van der Waals surface area contributed by atoms with Gasteiger partial charge in [-0.3, -0.25) is 9.97 Å². The first-order valence-corrected chi connectivity index (χ1v) is 10.7. The first-order chi connectivity index (χ1) is 15.2. The van der Waals surface area contributed by atoms with Gasteiger partial charge in [0.15, 0.2) is 5.11 Å². The number of aromatic nitrogens is 3. The second kappa shape index (κ2) is 8.32. The molecule has 0 saturated carbocycles. The van der Waals surface area contributed by atoms with Crippen molar-refractivity contribution < 1.29 is 0 Å². The summed E-state index contributed by atoms with van der Waals surface area (Å²) in [6, 6.07) is 22.7. The quantitative estimate of drug-likeness (QED) is 0.468. The van der Waals surface area contributed by atoms with E-state index in [2.05, 4.69) is 86.4 Å². The van der Waals surface area contributed by atoms with Gasteiger partial charge in [-0.05, 0) is 66.7 Å². The summed E-state index contributed by atoms with van der Waals surface area (Å²) >= 11 is 5.81. The maximum absolute atomic E-state index is 5.81. The highest BCUT2D eigenvalue weighted by molar-refractivity contribution is 7.80. The summed E-state index contributed by atoms with van der Waals surface area (Å²) in [7, 11) is 0. The second-order valence-electron chi connectivity index (χ2n) is 7.71. The van der Waals surface area contributed by atoms with E-state index in [1.165, 1.54) is 16.9 Å². The minimum absolute atomic E-state index is 0.0165. The van der Waals surface area contributed by atoms with Crippen LogP contribution in [0.3, 0.4) is 0 Å². The first kappa shape index (κ1) is 19.5. The zero-order chi connectivity index (χ0) is 21.2. The van der Waals surface area contributed by atoms with Gasteiger partial charge in [0.25, 0.3) is 0 Å². The molecule has 0 radical (unpaired) electrons. The fourth-order valence-electron chi connectivity index (χ4n) is 4.27. The van der Waals surface area contributed by atoms with Gasteiger partial charge in [-0.15, -0.1) is 0 Å². The highest BCUT2D eigenvalue weighted by atomic mass is 32.1. The van der Waals surface area contributed by atoms with E-state index in [9.17, 15) is 0 Å². The van der Waals surface area contributed by atoms with Gasteiger partial charge >= 0.3 is 0 Å². The molecular formula is C25H23N5S. The lowest BCUT2D eigenvalue weighted by molar-refractivity contribution is 0.302. The number of pyridine rings is 2. The molecule has 4 heterocycles. The number of nitrogens with zero attached hydrogens (tertiary/aromatic N) is 4. The van der Waals surface area contributed by atoms with Crippen LogP contribution in [0.1, 0.15) is 34.6 Å². The predicted molar refractivity (Wildman–Crippen MR) is 126 cm³/mol. The van der Waals surface area contributed by atoms with E-state index in [0.29, 0.717) is 6.54 Å². The van der Waals surface area contributed by atoms with Gasteiger partial charge in [-0.2, -0.15) is 0 Å². The number of hydrogen-bond donors (Lipinski definition) is 1.